The summed E-state index contributed by atoms with van der Waals surface area (Å²) in [6, 6.07) is 23.1. The van der Waals surface area contributed by atoms with Crippen molar-refractivity contribution < 1.29 is 18.7 Å². The third-order valence-electron chi connectivity index (χ3n) is 6.26. The van der Waals surface area contributed by atoms with Gasteiger partial charge in [-0.2, -0.15) is 0 Å². The monoisotopic (exact) mass is 512 g/mol. The molecule has 0 aliphatic carbocycles. The van der Waals surface area contributed by atoms with Crippen LogP contribution in [0.5, 0.6) is 11.6 Å². The highest BCUT2D eigenvalue weighted by Gasteiger charge is 2.11. The Morgan fingerprint density at radius 3 is 2.42 bits per heavy atom. The van der Waals surface area contributed by atoms with E-state index in [0.717, 1.165) is 39.3 Å². The van der Waals surface area contributed by atoms with Crippen LogP contribution in [-0.4, -0.2) is 17.6 Å². The number of pyridine rings is 1. The van der Waals surface area contributed by atoms with E-state index in [4.69, 9.17) is 9.47 Å². The van der Waals surface area contributed by atoms with Gasteiger partial charge in [-0.25, -0.2) is 9.37 Å². The summed E-state index contributed by atoms with van der Waals surface area (Å²) in [6.45, 7) is 8.73. The van der Waals surface area contributed by atoms with Gasteiger partial charge in [0.25, 0.3) is 0 Å². The molecule has 38 heavy (non-hydrogen) atoms. The topological polar surface area (TPSA) is 60.5 Å². The van der Waals surface area contributed by atoms with Gasteiger partial charge >= 0.3 is 5.97 Å². The Hall–Kier alpha value is -4.19. The first-order valence-corrected chi connectivity index (χ1v) is 12.8. The fraction of sp³-hybridized carbons (Fsp3) is 0.250. The highest BCUT2D eigenvalue weighted by atomic mass is 19.1. The molecular weight excluding hydrogens is 479 g/mol. The van der Waals surface area contributed by atoms with Gasteiger partial charge in [-0.15, -0.1) is 0 Å². The Kier molecular flexibility index (Phi) is 8.74. The number of ether oxygens (including phenoxy) is 2. The molecule has 1 N–H and O–H groups in total. The first kappa shape index (κ1) is 26.9. The van der Waals surface area contributed by atoms with E-state index in [1.54, 1.807) is 13.0 Å². The summed E-state index contributed by atoms with van der Waals surface area (Å²) < 4.78 is 25.5. The molecule has 0 radical (unpaired) electrons. The van der Waals surface area contributed by atoms with E-state index in [-0.39, 0.29) is 18.2 Å². The molecule has 0 amide bonds. The van der Waals surface area contributed by atoms with Crippen LogP contribution < -0.4 is 10.1 Å². The number of benzene rings is 3. The molecule has 0 saturated carbocycles. The van der Waals surface area contributed by atoms with Crippen molar-refractivity contribution in [3.8, 4) is 22.8 Å². The summed E-state index contributed by atoms with van der Waals surface area (Å²) in [5.41, 5.74) is 7.67. The molecule has 0 saturated heterocycles. The van der Waals surface area contributed by atoms with Gasteiger partial charge in [0.1, 0.15) is 11.6 Å². The first-order valence-electron chi connectivity index (χ1n) is 12.8. The number of aryl methyl sites for hydroxylation is 4. The van der Waals surface area contributed by atoms with Crippen molar-refractivity contribution in [3.63, 3.8) is 0 Å². The molecule has 4 aromatic rings. The summed E-state index contributed by atoms with van der Waals surface area (Å²) in [5.74, 6) is 0.688. The molecule has 0 unspecified atom stereocenters. The van der Waals surface area contributed by atoms with Crippen LogP contribution >= 0.6 is 0 Å². The van der Waals surface area contributed by atoms with E-state index in [1.807, 2.05) is 55.5 Å². The maximum atomic E-state index is 14.6. The molecule has 0 fully saturated rings. The third-order valence-corrected chi connectivity index (χ3v) is 6.26. The van der Waals surface area contributed by atoms with Gasteiger partial charge in [0.15, 0.2) is 0 Å². The predicted octanol–water partition coefficient (Wildman–Crippen LogP) is 7.71. The molecule has 0 bridgehead atoms. The first-order chi connectivity index (χ1) is 18.3. The Morgan fingerprint density at radius 2 is 1.71 bits per heavy atom. The fourth-order valence-corrected chi connectivity index (χ4v) is 4.50. The predicted molar refractivity (Wildman–Crippen MR) is 149 cm³/mol. The summed E-state index contributed by atoms with van der Waals surface area (Å²) >= 11 is 0. The third kappa shape index (κ3) is 6.97. The molecule has 6 heteroatoms. The molecule has 1 heterocycles. The number of anilines is 1. The number of nitrogens with one attached hydrogen (secondary N) is 1. The zero-order valence-corrected chi connectivity index (χ0v) is 22.3. The lowest BCUT2D eigenvalue weighted by Crippen LogP contribution is -2.06. The van der Waals surface area contributed by atoms with E-state index in [9.17, 15) is 9.18 Å². The Labute approximate surface area is 223 Å². The van der Waals surface area contributed by atoms with Gasteiger partial charge in [0, 0.05) is 30.4 Å². The van der Waals surface area contributed by atoms with Crippen LogP contribution in [0.1, 0.15) is 41.3 Å². The largest absolute Gasteiger partial charge is 0.466 e. The van der Waals surface area contributed by atoms with E-state index in [2.05, 4.69) is 36.3 Å². The van der Waals surface area contributed by atoms with Crippen molar-refractivity contribution in [1.29, 1.82) is 0 Å². The van der Waals surface area contributed by atoms with Crippen molar-refractivity contribution >= 4 is 11.7 Å². The average molecular weight is 513 g/mol. The minimum Gasteiger partial charge on any atom is -0.466 e. The van der Waals surface area contributed by atoms with Gasteiger partial charge in [-0.3, -0.25) is 4.79 Å². The number of aromatic nitrogens is 1. The number of carbonyl (C=O) groups excluding carboxylic acids is 1. The van der Waals surface area contributed by atoms with Crippen LogP contribution in [0.25, 0.3) is 11.1 Å². The van der Waals surface area contributed by atoms with Crippen molar-refractivity contribution in [2.24, 2.45) is 0 Å². The molecule has 3 aromatic carbocycles. The number of carbonyl (C=O) groups is 1. The molecule has 1 aromatic heterocycles. The Balaban J connectivity index is 1.44. The minimum absolute atomic E-state index is 0.166. The summed E-state index contributed by atoms with van der Waals surface area (Å²) in [6.07, 6.45) is 0.482. The van der Waals surface area contributed by atoms with Crippen LogP contribution in [0, 0.1) is 26.6 Å². The zero-order chi connectivity index (χ0) is 27.1. The van der Waals surface area contributed by atoms with Gasteiger partial charge in [-0.05, 0) is 104 Å². The summed E-state index contributed by atoms with van der Waals surface area (Å²) in [5, 5.41) is 3.30. The van der Waals surface area contributed by atoms with Crippen molar-refractivity contribution in [3.05, 3.63) is 107 Å². The number of halogens is 1. The van der Waals surface area contributed by atoms with E-state index < -0.39 is 0 Å². The molecular formula is C32H33FN2O3. The number of nitrogens with zero attached hydrogens (tertiary/aromatic N) is 1. The highest BCUT2D eigenvalue weighted by molar-refractivity contribution is 5.72. The van der Waals surface area contributed by atoms with Crippen LogP contribution in [0.3, 0.4) is 0 Å². The number of hydrogen-bond donors (Lipinski definition) is 1. The fourth-order valence-electron chi connectivity index (χ4n) is 4.50. The van der Waals surface area contributed by atoms with Crippen LogP contribution in [0.15, 0.2) is 72.8 Å². The lowest BCUT2D eigenvalue weighted by Gasteiger charge is -2.15. The molecule has 196 valence electrons. The second-order valence-electron chi connectivity index (χ2n) is 9.32. The normalized spacial score (nSPS) is 10.8. The number of rotatable bonds is 10. The second-order valence-corrected chi connectivity index (χ2v) is 9.32. The van der Waals surface area contributed by atoms with Crippen molar-refractivity contribution in [2.75, 3.05) is 11.9 Å². The minimum atomic E-state index is -0.331. The molecule has 0 atom stereocenters. The standard InChI is InChI=1S/C32H33FN2O3/c1-5-37-31(36)15-13-25-12-14-27(19-29(25)33)34-20-24-9-7-10-26(18-24)32-21(2)16-28(17-22(32)3)38-30-11-6-8-23(4)35-30/h6-12,14,16-19,34H,5,13,15,20H2,1-4H3. The Bertz CT molecular complexity index is 1410. The van der Waals surface area contributed by atoms with Gasteiger partial charge in [-0.1, -0.05) is 30.3 Å². The number of esters is 1. The van der Waals surface area contributed by atoms with Crippen molar-refractivity contribution in [1.82, 2.24) is 4.98 Å². The highest BCUT2D eigenvalue weighted by Crippen LogP contribution is 2.33. The van der Waals surface area contributed by atoms with E-state index >= 15 is 0 Å². The summed E-state index contributed by atoms with van der Waals surface area (Å²) in [7, 11) is 0. The summed E-state index contributed by atoms with van der Waals surface area (Å²) in [4.78, 5) is 16.0. The van der Waals surface area contributed by atoms with Gasteiger partial charge in [0.05, 0.1) is 6.61 Å². The van der Waals surface area contributed by atoms with Crippen molar-refractivity contribution in [2.45, 2.75) is 47.1 Å². The van der Waals surface area contributed by atoms with Gasteiger partial charge < -0.3 is 14.8 Å². The second kappa shape index (κ2) is 12.4. The zero-order valence-electron chi connectivity index (χ0n) is 22.3. The average Bonchev–Trinajstić information content (AvgIpc) is 2.87. The van der Waals surface area contributed by atoms with Gasteiger partial charge in [0.2, 0.25) is 5.88 Å². The smallest absolute Gasteiger partial charge is 0.306 e. The molecule has 0 aliphatic heterocycles. The quantitative estimate of drug-likeness (QED) is 0.221. The SMILES string of the molecule is CCOC(=O)CCc1ccc(NCc2cccc(-c3c(C)cc(Oc4cccc(C)n4)cc3C)c2)cc1F. The molecule has 0 spiro atoms. The molecule has 4 rings (SSSR count). The molecule has 0 aliphatic rings. The molecule has 5 nitrogen and oxygen atoms in total. The lowest BCUT2D eigenvalue weighted by atomic mass is 9.94. The van der Waals surface area contributed by atoms with E-state index in [0.29, 0.717) is 36.7 Å². The lowest BCUT2D eigenvalue weighted by molar-refractivity contribution is -0.143. The van der Waals surface area contributed by atoms with Crippen LogP contribution in [0.4, 0.5) is 10.1 Å². The maximum Gasteiger partial charge on any atom is 0.306 e. The van der Waals surface area contributed by atoms with Crippen LogP contribution in [-0.2, 0) is 22.5 Å². The maximum absolute atomic E-state index is 14.6. The Morgan fingerprint density at radius 1 is 0.947 bits per heavy atom. The number of hydrogen-bond acceptors (Lipinski definition) is 5. The van der Waals surface area contributed by atoms with E-state index in [1.165, 1.54) is 6.07 Å². The van der Waals surface area contributed by atoms with Crippen LogP contribution in [0.2, 0.25) is 0 Å².